The summed E-state index contributed by atoms with van der Waals surface area (Å²) in [5.74, 6) is 0.847. The smallest absolute Gasteiger partial charge is 0.141 e. The van der Waals surface area contributed by atoms with Gasteiger partial charge in [-0.05, 0) is 85.6 Å². The Morgan fingerprint density at radius 1 is 1.07 bits per heavy atom. The van der Waals surface area contributed by atoms with Crippen molar-refractivity contribution < 1.29 is 9.50 Å². The third kappa shape index (κ3) is 4.13. The normalized spacial score (nSPS) is 22.4. The maximum absolute atomic E-state index is 13.5. The van der Waals surface area contributed by atoms with Gasteiger partial charge < -0.3 is 9.51 Å². The maximum atomic E-state index is 13.5. The van der Waals surface area contributed by atoms with E-state index in [2.05, 4.69) is 17.2 Å². The lowest BCUT2D eigenvalue weighted by Crippen LogP contribution is -2.21. The average molecular weight is 429 g/mol. The fraction of sp³-hybridized carbons (Fsp3) is 0.480. The van der Waals surface area contributed by atoms with Gasteiger partial charge in [-0.2, -0.15) is 0 Å². The number of hydrogen-bond donors (Lipinski definition) is 1. The van der Waals surface area contributed by atoms with Gasteiger partial charge in [-0.1, -0.05) is 31.5 Å². The fourth-order valence-corrected chi connectivity index (χ4v) is 5.06. The van der Waals surface area contributed by atoms with E-state index >= 15 is 0 Å². The molecular formula is C25H30ClFN2O. The van der Waals surface area contributed by atoms with E-state index in [4.69, 9.17) is 11.6 Å². The van der Waals surface area contributed by atoms with E-state index in [-0.39, 0.29) is 16.8 Å². The average Bonchev–Trinajstić information content (AvgIpc) is 3.52. The van der Waals surface area contributed by atoms with Gasteiger partial charge in [0.25, 0.3) is 0 Å². The number of imidazole rings is 1. The predicted molar refractivity (Wildman–Crippen MR) is 120 cm³/mol. The minimum atomic E-state index is -0.464. The quantitative estimate of drug-likeness (QED) is 0.484. The largest absolute Gasteiger partial charge is 0.388 e. The Hall–Kier alpha value is -1.91. The first-order chi connectivity index (χ1) is 14.6. The van der Waals surface area contributed by atoms with Crippen LogP contribution in [0.1, 0.15) is 87.0 Å². The first kappa shape index (κ1) is 21.3. The van der Waals surface area contributed by atoms with Crippen LogP contribution < -0.4 is 0 Å². The van der Waals surface area contributed by atoms with E-state index in [1.54, 1.807) is 12.4 Å². The number of aromatic nitrogens is 2. The van der Waals surface area contributed by atoms with Gasteiger partial charge in [0, 0.05) is 11.8 Å². The van der Waals surface area contributed by atoms with E-state index in [0.717, 1.165) is 42.3 Å². The Morgan fingerprint density at radius 3 is 2.43 bits per heavy atom. The molecular weight excluding hydrogens is 399 g/mol. The maximum Gasteiger partial charge on any atom is 0.141 e. The first-order valence-corrected chi connectivity index (χ1v) is 11.6. The van der Waals surface area contributed by atoms with Crippen LogP contribution in [-0.4, -0.2) is 14.5 Å². The summed E-state index contributed by atoms with van der Waals surface area (Å²) in [6.07, 6.45) is 11.6. The standard InChI is InChI=1S/C23H24ClFN2O.C2H6/c24-19-11-17(7-8-20(19)25)14-1-5-16(6-2-14)23(28)22-18(15-3-4-15)9-10-27-13-26-12-21(22)27;1-2/h7-16,23,28H,1-6H2;1-2H3. The number of hydrogen-bond acceptors (Lipinski definition) is 2. The Bertz CT molecular complexity index is 1010. The van der Waals surface area contributed by atoms with Gasteiger partial charge >= 0.3 is 0 Å². The number of halogens is 2. The lowest BCUT2D eigenvalue weighted by molar-refractivity contribution is 0.0810. The molecule has 5 heteroatoms. The predicted octanol–water partition coefficient (Wildman–Crippen LogP) is 7.04. The fourth-order valence-electron chi connectivity index (χ4n) is 4.87. The lowest BCUT2D eigenvalue weighted by atomic mass is 9.75. The topological polar surface area (TPSA) is 37.5 Å². The number of fused-ring (bicyclic) bond motifs is 1. The van der Waals surface area contributed by atoms with E-state index in [1.807, 2.05) is 30.5 Å². The molecule has 0 bridgehead atoms. The van der Waals surface area contributed by atoms with Gasteiger partial charge in [0.1, 0.15) is 5.82 Å². The van der Waals surface area contributed by atoms with Crippen LogP contribution in [0.25, 0.3) is 5.52 Å². The first-order valence-electron chi connectivity index (χ1n) is 11.2. The van der Waals surface area contributed by atoms with Gasteiger partial charge in [-0.25, -0.2) is 9.37 Å². The molecule has 5 rings (SSSR count). The summed E-state index contributed by atoms with van der Waals surface area (Å²) in [6, 6.07) is 7.23. The molecule has 3 aromatic rings. The molecule has 2 aliphatic rings. The minimum Gasteiger partial charge on any atom is -0.388 e. The third-order valence-corrected chi connectivity index (χ3v) is 6.90. The number of aliphatic hydroxyl groups is 1. The molecule has 2 saturated carbocycles. The van der Waals surface area contributed by atoms with Crippen molar-refractivity contribution in [2.45, 2.75) is 70.3 Å². The van der Waals surface area contributed by atoms with Crippen molar-refractivity contribution in [3.05, 3.63) is 70.5 Å². The summed E-state index contributed by atoms with van der Waals surface area (Å²) >= 11 is 5.97. The summed E-state index contributed by atoms with van der Waals surface area (Å²) in [5, 5.41) is 11.5. The molecule has 0 aliphatic heterocycles. The molecule has 1 unspecified atom stereocenters. The molecule has 30 heavy (non-hydrogen) atoms. The highest BCUT2D eigenvalue weighted by Gasteiger charge is 2.34. The minimum absolute atomic E-state index is 0.196. The number of nitrogens with zero attached hydrogens (tertiary/aromatic N) is 2. The molecule has 2 heterocycles. The van der Waals surface area contributed by atoms with Crippen molar-refractivity contribution in [1.82, 2.24) is 9.38 Å². The monoisotopic (exact) mass is 428 g/mol. The summed E-state index contributed by atoms with van der Waals surface area (Å²) in [6.45, 7) is 4.00. The molecule has 3 nitrogen and oxygen atoms in total. The Labute approximate surface area is 182 Å². The summed E-state index contributed by atoms with van der Waals surface area (Å²) in [5.41, 5.74) is 4.52. The van der Waals surface area contributed by atoms with E-state index in [0.29, 0.717) is 11.8 Å². The molecule has 160 valence electrons. The molecule has 1 atom stereocenters. The van der Waals surface area contributed by atoms with Gasteiger partial charge in [-0.3, -0.25) is 0 Å². The second kappa shape index (κ2) is 9.07. The SMILES string of the molecule is CC.OC(c1c(C2CC2)ccn2cncc12)C1CCC(c2ccc(F)c(Cl)c2)CC1. The highest BCUT2D eigenvalue weighted by Crippen LogP contribution is 2.48. The number of benzene rings is 1. The zero-order valence-electron chi connectivity index (χ0n) is 17.7. The molecule has 2 aliphatic carbocycles. The van der Waals surface area contributed by atoms with Gasteiger partial charge in [0.15, 0.2) is 0 Å². The van der Waals surface area contributed by atoms with Crippen LogP contribution in [0.5, 0.6) is 0 Å². The van der Waals surface area contributed by atoms with Gasteiger partial charge in [0.2, 0.25) is 0 Å². The van der Waals surface area contributed by atoms with Crippen LogP contribution in [0.3, 0.4) is 0 Å². The van der Waals surface area contributed by atoms with Crippen LogP contribution in [0.2, 0.25) is 5.02 Å². The molecule has 2 aromatic heterocycles. The number of pyridine rings is 1. The van der Waals surface area contributed by atoms with Crippen molar-refractivity contribution in [3.63, 3.8) is 0 Å². The summed E-state index contributed by atoms with van der Waals surface area (Å²) < 4.78 is 15.5. The Kier molecular flexibility index (Phi) is 6.45. The second-order valence-corrected chi connectivity index (χ2v) is 8.78. The molecule has 2 fully saturated rings. The zero-order chi connectivity index (χ0) is 21.3. The Morgan fingerprint density at radius 2 is 1.77 bits per heavy atom. The molecule has 0 amide bonds. The van der Waals surface area contributed by atoms with Crippen LogP contribution in [0, 0.1) is 11.7 Å². The molecule has 0 spiro atoms. The van der Waals surface area contributed by atoms with Crippen LogP contribution in [0.4, 0.5) is 4.39 Å². The van der Waals surface area contributed by atoms with Crippen molar-refractivity contribution in [2.24, 2.45) is 5.92 Å². The van der Waals surface area contributed by atoms with Gasteiger partial charge in [0.05, 0.1) is 29.2 Å². The van der Waals surface area contributed by atoms with E-state index in [1.165, 1.54) is 24.5 Å². The van der Waals surface area contributed by atoms with Crippen LogP contribution in [-0.2, 0) is 0 Å². The van der Waals surface area contributed by atoms with E-state index < -0.39 is 6.10 Å². The van der Waals surface area contributed by atoms with Crippen LogP contribution in [0.15, 0.2) is 43.0 Å². The molecule has 0 radical (unpaired) electrons. The van der Waals surface area contributed by atoms with Crippen LogP contribution >= 0.6 is 11.6 Å². The van der Waals surface area contributed by atoms with E-state index in [9.17, 15) is 9.50 Å². The molecule has 1 N–H and O–H groups in total. The Balaban J connectivity index is 0.00000106. The number of rotatable bonds is 4. The van der Waals surface area contributed by atoms with Crippen molar-refractivity contribution in [1.29, 1.82) is 0 Å². The number of aliphatic hydroxyl groups excluding tert-OH is 1. The van der Waals surface area contributed by atoms with Crippen molar-refractivity contribution in [3.8, 4) is 0 Å². The molecule has 0 saturated heterocycles. The summed E-state index contributed by atoms with van der Waals surface area (Å²) in [7, 11) is 0. The van der Waals surface area contributed by atoms with Crippen molar-refractivity contribution >= 4 is 17.1 Å². The lowest BCUT2D eigenvalue weighted by Gasteiger charge is -2.33. The highest BCUT2D eigenvalue weighted by atomic mass is 35.5. The van der Waals surface area contributed by atoms with Gasteiger partial charge in [-0.15, -0.1) is 0 Å². The summed E-state index contributed by atoms with van der Waals surface area (Å²) in [4.78, 5) is 4.29. The third-order valence-electron chi connectivity index (χ3n) is 6.61. The molecule has 1 aromatic carbocycles. The highest BCUT2D eigenvalue weighted by molar-refractivity contribution is 6.30. The second-order valence-electron chi connectivity index (χ2n) is 8.38. The van der Waals surface area contributed by atoms with Crippen molar-refractivity contribution in [2.75, 3.05) is 0 Å². The zero-order valence-corrected chi connectivity index (χ0v) is 18.4.